The highest BCUT2D eigenvalue weighted by atomic mass is 16.5. The third kappa shape index (κ3) is 2.31. The van der Waals surface area contributed by atoms with Gasteiger partial charge in [0.25, 0.3) is 0 Å². The van der Waals surface area contributed by atoms with Gasteiger partial charge in [0.05, 0.1) is 12.7 Å². The fraction of sp³-hybridized carbons (Fsp3) is 0.957. The molecule has 3 heteroatoms. The van der Waals surface area contributed by atoms with E-state index < -0.39 is 0 Å². The summed E-state index contributed by atoms with van der Waals surface area (Å²) >= 11 is 0. The number of carbonyl (C=O) groups is 1. The molecule has 146 valence electrons. The van der Waals surface area contributed by atoms with Crippen molar-refractivity contribution in [2.75, 3.05) is 6.61 Å². The Kier molecular flexibility index (Phi) is 4.02. The molecule has 9 atom stereocenters. The van der Waals surface area contributed by atoms with Crippen molar-refractivity contribution in [1.82, 2.24) is 0 Å². The quantitative estimate of drug-likeness (QED) is 0.619. The van der Waals surface area contributed by atoms with E-state index in [-0.39, 0.29) is 12.1 Å². The maximum absolute atomic E-state index is 11.4. The summed E-state index contributed by atoms with van der Waals surface area (Å²) in [5.74, 6) is 4.23. The van der Waals surface area contributed by atoms with E-state index in [1.807, 2.05) is 0 Å². The highest BCUT2D eigenvalue weighted by molar-refractivity contribution is 5.66. The number of rotatable bonds is 1. The zero-order chi connectivity index (χ0) is 18.1. The van der Waals surface area contributed by atoms with Gasteiger partial charge in [0.15, 0.2) is 0 Å². The lowest BCUT2D eigenvalue weighted by Gasteiger charge is -2.60. The molecule has 0 aromatic rings. The first kappa shape index (κ1) is 17.5. The first-order valence-corrected chi connectivity index (χ1v) is 11.2. The molecule has 26 heavy (non-hydrogen) atoms. The summed E-state index contributed by atoms with van der Waals surface area (Å²) in [5, 5.41) is 0. The Morgan fingerprint density at radius 2 is 1.81 bits per heavy atom. The molecule has 5 fully saturated rings. The Labute approximate surface area is 158 Å². The van der Waals surface area contributed by atoms with Crippen LogP contribution in [-0.2, 0) is 14.3 Å². The Bertz CT molecular complexity index is 588. The number of carbonyl (C=O) groups excluding carboxylic acids is 1. The van der Waals surface area contributed by atoms with Crippen molar-refractivity contribution in [2.24, 2.45) is 40.4 Å². The van der Waals surface area contributed by atoms with Gasteiger partial charge in [-0.25, -0.2) is 0 Å². The molecule has 3 unspecified atom stereocenters. The molecule has 0 N–H and O–H groups in total. The van der Waals surface area contributed by atoms with Gasteiger partial charge < -0.3 is 9.47 Å². The first-order valence-electron chi connectivity index (χ1n) is 11.2. The minimum Gasteiger partial charge on any atom is -0.463 e. The summed E-state index contributed by atoms with van der Waals surface area (Å²) in [5.41, 5.74) is 1.00. The van der Waals surface area contributed by atoms with Gasteiger partial charge in [0.1, 0.15) is 6.10 Å². The van der Waals surface area contributed by atoms with Crippen LogP contribution in [0.25, 0.3) is 0 Å². The molecule has 4 aliphatic carbocycles. The van der Waals surface area contributed by atoms with Crippen LogP contribution >= 0.6 is 0 Å². The van der Waals surface area contributed by atoms with E-state index in [4.69, 9.17) is 9.47 Å². The molecule has 1 saturated heterocycles. The van der Waals surface area contributed by atoms with Crippen LogP contribution in [0, 0.1) is 40.4 Å². The molecule has 0 radical (unpaired) electrons. The third-order valence-electron chi connectivity index (χ3n) is 9.91. The highest BCUT2D eigenvalue weighted by Crippen LogP contribution is 2.69. The lowest BCUT2D eigenvalue weighted by molar-refractivity contribution is -0.160. The molecule has 0 aromatic heterocycles. The smallest absolute Gasteiger partial charge is 0.302 e. The second-order valence-corrected chi connectivity index (χ2v) is 10.6. The molecule has 0 aromatic carbocycles. The van der Waals surface area contributed by atoms with Crippen molar-refractivity contribution in [3.63, 3.8) is 0 Å². The van der Waals surface area contributed by atoms with Crippen molar-refractivity contribution in [1.29, 1.82) is 0 Å². The standard InChI is InChI=1S/C23H36O3/c1-14-19-6-7-21-18-5-4-16-12-17(26-15(2)24)8-10-22(16,3)20(18)9-11-23(19,21)13-25-14/h14,16-21H,4-13H2,1-3H3/t14?,16-,17+,18+,19?,20-,21-,22-,23?/m0/s1. The zero-order valence-corrected chi connectivity index (χ0v) is 16.8. The minimum absolute atomic E-state index is 0.0979. The molecule has 0 amide bonds. The predicted molar refractivity (Wildman–Crippen MR) is 101 cm³/mol. The Hall–Kier alpha value is -0.570. The van der Waals surface area contributed by atoms with E-state index in [1.54, 1.807) is 6.92 Å². The number of esters is 1. The second-order valence-electron chi connectivity index (χ2n) is 10.6. The van der Waals surface area contributed by atoms with Gasteiger partial charge in [-0.1, -0.05) is 6.92 Å². The van der Waals surface area contributed by atoms with Crippen LogP contribution in [0.5, 0.6) is 0 Å². The minimum atomic E-state index is -0.0979. The summed E-state index contributed by atoms with van der Waals surface area (Å²) in [7, 11) is 0. The second kappa shape index (κ2) is 5.96. The van der Waals surface area contributed by atoms with E-state index in [1.165, 1.54) is 44.9 Å². The summed E-state index contributed by atoms with van der Waals surface area (Å²) in [6.07, 6.45) is 12.6. The van der Waals surface area contributed by atoms with E-state index in [0.717, 1.165) is 49.0 Å². The predicted octanol–water partition coefficient (Wildman–Crippen LogP) is 4.98. The Balaban J connectivity index is 1.37. The average molecular weight is 361 g/mol. The summed E-state index contributed by atoms with van der Waals surface area (Å²) in [6.45, 7) is 7.52. The molecule has 5 rings (SSSR count). The monoisotopic (exact) mass is 360 g/mol. The van der Waals surface area contributed by atoms with Gasteiger partial charge in [-0.15, -0.1) is 0 Å². The van der Waals surface area contributed by atoms with Gasteiger partial charge in [-0.05, 0) is 99.7 Å². The van der Waals surface area contributed by atoms with Gasteiger partial charge in [0.2, 0.25) is 0 Å². The molecule has 1 spiro atoms. The van der Waals surface area contributed by atoms with Crippen molar-refractivity contribution in [2.45, 2.75) is 90.8 Å². The van der Waals surface area contributed by atoms with Crippen LogP contribution < -0.4 is 0 Å². The summed E-state index contributed by atoms with van der Waals surface area (Å²) in [4.78, 5) is 11.4. The van der Waals surface area contributed by atoms with Crippen LogP contribution in [0.4, 0.5) is 0 Å². The van der Waals surface area contributed by atoms with Gasteiger partial charge in [0, 0.05) is 12.3 Å². The van der Waals surface area contributed by atoms with Crippen LogP contribution in [0.2, 0.25) is 0 Å². The fourth-order valence-corrected chi connectivity index (χ4v) is 8.80. The number of hydrogen-bond acceptors (Lipinski definition) is 3. The third-order valence-corrected chi connectivity index (χ3v) is 9.91. The van der Waals surface area contributed by atoms with E-state index >= 15 is 0 Å². The van der Waals surface area contributed by atoms with Crippen LogP contribution in [0.15, 0.2) is 0 Å². The van der Waals surface area contributed by atoms with E-state index in [0.29, 0.717) is 16.9 Å². The maximum atomic E-state index is 11.4. The van der Waals surface area contributed by atoms with Crippen molar-refractivity contribution < 1.29 is 14.3 Å². The molecular formula is C23H36O3. The van der Waals surface area contributed by atoms with Crippen molar-refractivity contribution >= 4 is 5.97 Å². The summed E-state index contributed by atoms with van der Waals surface area (Å²) < 4.78 is 11.8. The molecular weight excluding hydrogens is 324 g/mol. The lowest BCUT2D eigenvalue weighted by Crippen LogP contribution is -2.54. The number of hydrogen-bond donors (Lipinski definition) is 0. The highest BCUT2D eigenvalue weighted by Gasteiger charge is 2.64. The van der Waals surface area contributed by atoms with E-state index in [9.17, 15) is 4.79 Å². The van der Waals surface area contributed by atoms with E-state index in [2.05, 4.69) is 13.8 Å². The number of fused-ring (bicyclic) bond motifs is 4. The Morgan fingerprint density at radius 3 is 2.62 bits per heavy atom. The van der Waals surface area contributed by atoms with Crippen LogP contribution in [0.3, 0.4) is 0 Å². The van der Waals surface area contributed by atoms with Crippen LogP contribution in [-0.4, -0.2) is 24.8 Å². The molecule has 1 heterocycles. The zero-order valence-electron chi connectivity index (χ0n) is 16.8. The Morgan fingerprint density at radius 1 is 1.00 bits per heavy atom. The first-order chi connectivity index (χ1) is 12.4. The lowest BCUT2D eigenvalue weighted by atomic mass is 9.44. The molecule has 3 nitrogen and oxygen atoms in total. The number of ether oxygens (including phenoxy) is 2. The molecule has 1 aliphatic heterocycles. The van der Waals surface area contributed by atoms with Gasteiger partial charge in [-0.3, -0.25) is 4.79 Å². The normalized spacial score (nSPS) is 55.4. The average Bonchev–Trinajstić information content (AvgIpc) is 3.12. The summed E-state index contributed by atoms with van der Waals surface area (Å²) in [6, 6.07) is 0. The maximum Gasteiger partial charge on any atom is 0.302 e. The van der Waals surface area contributed by atoms with Crippen LogP contribution in [0.1, 0.15) is 78.6 Å². The van der Waals surface area contributed by atoms with Crippen molar-refractivity contribution in [3.8, 4) is 0 Å². The largest absolute Gasteiger partial charge is 0.463 e. The van der Waals surface area contributed by atoms with Gasteiger partial charge in [-0.2, -0.15) is 0 Å². The molecule has 4 saturated carbocycles. The molecule has 5 aliphatic rings. The fourth-order valence-electron chi connectivity index (χ4n) is 8.80. The van der Waals surface area contributed by atoms with Crippen molar-refractivity contribution in [3.05, 3.63) is 0 Å². The topological polar surface area (TPSA) is 35.5 Å². The SMILES string of the molecule is CC(=O)O[C@@H]1CC[C@@]2(C)[C@@H](CC[C@H]3[C@@H]4CCC5C(C)OCC54CC[C@@H]32)C1. The molecule has 0 bridgehead atoms. The van der Waals surface area contributed by atoms with Gasteiger partial charge >= 0.3 is 5.97 Å².